The lowest BCUT2D eigenvalue weighted by Gasteiger charge is -2.17. The molecule has 0 heteroatoms. The van der Waals surface area contributed by atoms with Gasteiger partial charge in [0, 0.05) is 0 Å². The molecule has 1 unspecified atom stereocenters. The van der Waals surface area contributed by atoms with Gasteiger partial charge in [0.15, 0.2) is 0 Å². The molecule has 0 N–H and O–H groups in total. The zero-order valence-corrected chi connectivity index (χ0v) is 16.0. The highest BCUT2D eigenvalue weighted by molar-refractivity contribution is 5.77. The maximum absolute atomic E-state index is 2.33. The average Bonchev–Trinajstić information content (AvgIpc) is 2.62. The van der Waals surface area contributed by atoms with Gasteiger partial charge in [-0.1, -0.05) is 81.4 Å². The van der Waals surface area contributed by atoms with Crippen molar-refractivity contribution in [1.29, 1.82) is 0 Å². The van der Waals surface area contributed by atoms with Crippen LogP contribution in [0.15, 0.2) is 66.7 Å². The minimum atomic E-state index is 0.592. The van der Waals surface area contributed by atoms with Gasteiger partial charge in [0.1, 0.15) is 0 Å². The van der Waals surface area contributed by atoms with Gasteiger partial charge >= 0.3 is 0 Å². The van der Waals surface area contributed by atoms with E-state index in [4.69, 9.17) is 0 Å². The summed E-state index contributed by atoms with van der Waals surface area (Å²) in [5, 5.41) is 0. The Hall–Kier alpha value is -2.34. The molecule has 0 saturated carbocycles. The summed E-state index contributed by atoms with van der Waals surface area (Å²) >= 11 is 0. The van der Waals surface area contributed by atoms with E-state index in [1.807, 2.05) is 0 Å². The zero-order chi connectivity index (χ0) is 18.0. The molecule has 0 fully saturated rings. The Morgan fingerprint density at radius 2 is 1.20 bits per heavy atom. The number of rotatable bonds is 4. The molecule has 0 spiro atoms. The minimum Gasteiger partial charge on any atom is -0.0622 e. The SMILES string of the molecule is Cc1ccccc1-c1cc(-c2ccc(C(C)C(C)C)cc2)ccc1C. The fourth-order valence-corrected chi connectivity index (χ4v) is 3.33. The molecule has 3 aromatic carbocycles. The Kier molecular flexibility index (Phi) is 5.08. The molecule has 3 rings (SSSR count). The van der Waals surface area contributed by atoms with Crippen LogP contribution in [0.4, 0.5) is 0 Å². The van der Waals surface area contributed by atoms with Gasteiger partial charge in [0.05, 0.1) is 0 Å². The first-order valence-electron chi connectivity index (χ1n) is 9.24. The Morgan fingerprint density at radius 1 is 0.600 bits per heavy atom. The fourth-order valence-electron chi connectivity index (χ4n) is 3.33. The van der Waals surface area contributed by atoms with Crippen molar-refractivity contribution in [2.24, 2.45) is 5.92 Å². The predicted octanol–water partition coefficient (Wildman–Crippen LogP) is 7.40. The molecule has 0 amide bonds. The van der Waals surface area contributed by atoms with Gasteiger partial charge in [-0.15, -0.1) is 0 Å². The first-order chi connectivity index (χ1) is 12.0. The van der Waals surface area contributed by atoms with Crippen LogP contribution in [0.1, 0.15) is 43.4 Å². The van der Waals surface area contributed by atoms with Crippen LogP contribution in [0.3, 0.4) is 0 Å². The van der Waals surface area contributed by atoms with Gasteiger partial charge in [0.25, 0.3) is 0 Å². The third-order valence-electron chi connectivity index (χ3n) is 5.44. The summed E-state index contributed by atoms with van der Waals surface area (Å²) in [6.45, 7) is 11.3. The molecule has 128 valence electrons. The standard InChI is InChI=1S/C25H28/c1-17(2)20(5)21-12-14-22(15-13-21)23-11-10-19(4)25(16-23)24-9-7-6-8-18(24)3/h6-17,20H,1-5H3. The summed E-state index contributed by atoms with van der Waals surface area (Å²) in [7, 11) is 0. The summed E-state index contributed by atoms with van der Waals surface area (Å²) in [5.74, 6) is 1.26. The van der Waals surface area contributed by atoms with E-state index >= 15 is 0 Å². The van der Waals surface area contributed by atoms with E-state index in [-0.39, 0.29) is 0 Å². The van der Waals surface area contributed by atoms with Crippen molar-refractivity contribution in [2.45, 2.75) is 40.5 Å². The maximum Gasteiger partial charge on any atom is -0.0146 e. The second-order valence-corrected chi connectivity index (χ2v) is 7.50. The third-order valence-corrected chi connectivity index (χ3v) is 5.44. The largest absolute Gasteiger partial charge is 0.0622 e. The zero-order valence-electron chi connectivity index (χ0n) is 16.0. The molecule has 0 saturated heterocycles. The second-order valence-electron chi connectivity index (χ2n) is 7.50. The molecule has 0 heterocycles. The van der Waals surface area contributed by atoms with E-state index in [1.54, 1.807) is 0 Å². The van der Waals surface area contributed by atoms with Crippen LogP contribution >= 0.6 is 0 Å². The van der Waals surface area contributed by atoms with Crippen molar-refractivity contribution in [3.05, 3.63) is 83.4 Å². The quantitative estimate of drug-likeness (QED) is 0.468. The molecule has 0 aromatic heterocycles. The molecule has 25 heavy (non-hydrogen) atoms. The molecule has 0 nitrogen and oxygen atoms in total. The van der Waals surface area contributed by atoms with E-state index < -0.39 is 0 Å². The molecule has 0 bridgehead atoms. The number of aryl methyl sites for hydroxylation is 2. The summed E-state index contributed by atoms with van der Waals surface area (Å²) < 4.78 is 0. The Morgan fingerprint density at radius 3 is 1.84 bits per heavy atom. The monoisotopic (exact) mass is 328 g/mol. The van der Waals surface area contributed by atoms with Gasteiger partial charge in [-0.2, -0.15) is 0 Å². The van der Waals surface area contributed by atoms with Crippen LogP contribution in [-0.2, 0) is 0 Å². The Balaban J connectivity index is 1.99. The number of hydrogen-bond acceptors (Lipinski definition) is 0. The number of hydrogen-bond donors (Lipinski definition) is 0. The van der Waals surface area contributed by atoms with Crippen LogP contribution in [0.2, 0.25) is 0 Å². The van der Waals surface area contributed by atoms with Crippen LogP contribution in [-0.4, -0.2) is 0 Å². The van der Waals surface area contributed by atoms with Crippen molar-refractivity contribution in [3.8, 4) is 22.3 Å². The van der Waals surface area contributed by atoms with Crippen molar-refractivity contribution >= 4 is 0 Å². The summed E-state index contributed by atoms with van der Waals surface area (Å²) in [6.07, 6.45) is 0. The highest BCUT2D eigenvalue weighted by Crippen LogP contribution is 2.32. The molecule has 0 aliphatic carbocycles. The highest BCUT2D eigenvalue weighted by Gasteiger charge is 2.11. The molecule has 0 aliphatic heterocycles. The Labute approximate surface area is 152 Å². The van der Waals surface area contributed by atoms with Crippen molar-refractivity contribution < 1.29 is 0 Å². The van der Waals surface area contributed by atoms with Crippen molar-refractivity contribution in [2.75, 3.05) is 0 Å². The van der Waals surface area contributed by atoms with Gasteiger partial charge in [-0.05, 0) is 70.7 Å². The van der Waals surface area contributed by atoms with Gasteiger partial charge in [-0.3, -0.25) is 0 Å². The topological polar surface area (TPSA) is 0 Å². The van der Waals surface area contributed by atoms with E-state index in [2.05, 4.69) is 101 Å². The van der Waals surface area contributed by atoms with Crippen LogP contribution in [0.5, 0.6) is 0 Å². The summed E-state index contributed by atoms with van der Waals surface area (Å²) in [6, 6.07) is 24.5. The first-order valence-corrected chi connectivity index (χ1v) is 9.24. The van der Waals surface area contributed by atoms with E-state index in [0.717, 1.165) is 0 Å². The molecule has 3 aromatic rings. The summed E-state index contributed by atoms with van der Waals surface area (Å²) in [5.41, 5.74) is 9.29. The normalized spacial score (nSPS) is 12.4. The molecule has 0 radical (unpaired) electrons. The first kappa shape index (κ1) is 17.5. The second kappa shape index (κ2) is 7.27. The lowest BCUT2D eigenvalue weighted by Crippen LogP contribution is -2.01. The molecule has 0 aliphatic rings. The lowest BCUT2D eigenvalue weighted by molar-refractivity contribution is 0.535. The van der Waals surface area contributed by atoms with Crippen molar-refractivity contribution in [1.82, 2.24) is 0 Å². The molecule has 1 atom stereocenters. The maximum atomic E-state index is 2.33. The highest BCUT2D eigenvalue weighted by atomic mass is 14.2. The van der Waals surface area contributed by atoms with Gasteiger partial charge in [0.2, 0.25) is 0 Å². The number of benzene rings is 3. The smallest absolute Gasteiger partial charge is 0.0146 e. The van der Waals surface area contributed by atoms with E-state index in [9.17, 15) is 0 Å². The molecular weight excluding hydrogens is 300 g/mol. The lowest BCUT2D eigenvalue weighted by atomic mass is 9.88. The van der Waals surface area contributed by atoms with Gasteiger partial charge < -0.3 is 0 Å². The van der Waals surface area contributed by atoms with Crippen LogP contribution in [0, 0.1) is 19.8 Å². The van der Waals surface area contributed by atoms with Crippen molar-refractivity contribution in [3.63, 3.8) is 0 Å². The average molecular weight is 328 g/mol. The van der Waals surface area contributed by atoms with E-state index in [1.165, 1.54) is 38.9 Å². The third kappa shape index (κ3) is 3.69. The summed E-state index contributed by atoms with van der Waals surface area (Å²) in [4.78, 5) is 0. The van der Waals surface area contributed by atoms with Crippen LogP contribution < -0.4 is 0 Å². The fraction of sp³-hybridized carbons (Fsp3) is 0.280. The minimum absolute atomic E-state index is 0.592. The predicted molar refractivity (Wildman–Crippen MR) is 110 cm³/mol. The van der Waals surface area contributed by atoms with Crippen LogP contribution in [0.25, 0.3) is 22.3 Å². The Bertz CT molecular complexity index is 853. The molecular formula is C25H28. The van der Waals surface area contributed by atoms with E-state index in [0.29, 0.717) is 11.8 Å². The van der Waals surface area contributed by atoms with Gasteiger partial charge in [-0.25, -0.2) is 0 Å².